The van der Waals surface area contributed by atoms with Crippen LogP contribution in [0.3, 0.4) is 0 Å². The highest BCUT2D eigenvalue weighted by atomic mass is 15.5. The minimum atomic E-state index is -0.389. The van der Waals surface area contributed by atoms with E-state index in [-0.39, 0.29) is 12.3 Å². The van der Waals surface area contributed by atoms with Gasteiger partial charge in [0.25, 0.3) is 0 Å². The van der Waals surface area contributed by atoms with Gasteiger partial charge in [0.15, 0.2) is 12.3 Å². The zero-order chi connectivity index (χ0) is 22.7. The van der Waals surface area contributed by atoms with Gasteiger partial charge in [-0.2, -0.15) is 0 Å². The van der Waals surface area contributed by atoms with Crippen molar-refractivity contribution in [1.82, 2.24) is 30.0 Å². The number of anilines is 2. The molecule has 6 rings (SSSR count). The first kappa shape index (κ1) is 19.9. The van der Waals surface area contributed by atoms with Gasteiger partial charge in [0.2, 0.25) is 0 Å². The van der Waals surface area contributed by atoms with Crippen molar-refractivity contribution in [2.45, 2.75) is 12.3 Å². The number of rotatable bonds is 7. The molecule has 2 N–H and O–H groups in total. The zero-order valence-electron chi connectivity index (χ0n) is 18.2. The lowest BCUT2D eigenvalue weighted by Gasteiger charge is -2.31. The largest absolute Gasteiger partial charge is 0.360 e. The highest BCUT2D eigenvalue weighted by molar-refractivity contribution is 5.75. The van der Waals surface area contributed by atoms with Gasteiger partial charge in [0.05, 0.1) is 11.0 Å². The third-order valence-corrected chi connectivity index (χ3v) is 5.76. The highest BCUT2D eigenvalue weighted by Crippen LogP contribution is 2.31. The van der Waals surface area contributed by atoms with Crippen LogP contribution in [0.2, 0.25) is 0 Å². The highest BCUT2D eigenvalue weighted by Gasteiger charge is 2.30. The molecule has 0 saturated heterocycles. The Bertz CT molecular complexity index is 1410. The summed E-state index contributed by atoms with van der Waals surface area (Å²) in [5.41, 5.74) is 5.39. The molecule has 0 aliphatic carbocycles. The third kappa shape index (κ3) is 3.71. The van der Waals surface area contributed by atoms with Gasteiger partial charge in [-0.25, -0.2) is 9.36 Å². The van der Waals surface area contributed by atoms with Gasteiger partial charge in [0, 0.05) is 11.4 Å². The predicted molar refractivity (Wildman–Crippen MR) is 133 cm³/mol. The second-order valence-electron chi connectivity index (χ2n) is 7.96. The molecule has 0 fully saturated rings. The van der Waals surface area contributed by atoms with Crippen molar-refractivity contribution in [2.75, 3.05) is 10.6 Å². The first-order valence-electron chi connectivity index (χ1n) is 11.1. The summed E-state index contributed by atoms with van der Waals surface area (Å²) in [4.78, 5) is 0. The SMILES string of the molecule is c1ccc(N[C@H]([C@H](Nc2ccccc2)n2nnc3ccccc32)n2nnc3ccccc32)cc1. The quantitative estimate of drug-likeness (QED) is 0.355. The minimum absolute atomic E-state index is 0.389. The standard InChI is InChI=1S/C26H22N8/c1-3-11-19(12-4-1)27-25(33-23-17-9-7-15-21(23)29-31-33)26(28-20-13-5-2-6-14-20)34-24-18-10-8-16-22(24)30-32-34/h1-18,25-28H/t25-,26+. The van der Waals surface area contributed by atoms with E-state index in [4.69, 9.17) is 0 Å². The topological polar surface area (TPSA) is 85.5 Å². The van der Waals surface area contributed by atoms with Crippen molar-refractivity contribution < 1.29 is 0 Å². The number of para-hydroxylation sites is 4. The molecule has 0 amide bonds. The van der Waals surface area contributed by atoms with E-state index in [1.54, 1.807) is 0 Å². The molecule has 2 atom stereocenters. The molecule has 8 heteroatoms. The molecule has 0 unspecified atom stereocenters. The summed E-state index contributed by atoms with van der Waals surface area (Å²) < 4.78 is 3.80. The molecule has 0 aliphatic rings. The predicted octanol–water partition coefficient (Wildman–Crippen LogP) is 5.10. The van der Waals surface area contributed by atoms with Gasteiger partial charge in [-0.1, -0.05) is 71.1 Å². The van der Waals surface area contributed by atoms with E-state index in [2.05, 4.69) is 31.3 Å². The second-order valence-corrected chi connectivity index (χ2v) is 7.96. The molecule has 4 aromatic carbocycles. The van der Waals surface area contributed by atoms with Crippen molar-refractivity contribution in [3.8, 4) is 0 Å². The van der Waals surface area contributed by atoms with E-state index in [1.165, 1.54) is 0 Å². The average Bonchev–Trinajstić information content (AvgIpc) is 3.52. The monoisotopic (exact) mass is 446 g/mol. The Kier molecular flexibility index (Phi) is 5.08. The second kappa shape index (κ2) is 8.67. The molecule has 2 aromatic heterocycles. The van der Waals surface area contributed by atoms with E-state index < -0.39 is 0 Å². The van der Waals surface area contributed by atoms with Crippen LogP contribution in [0, 0.1) is 0 Å². The molecule has 0 saturated carbocycles. The number of hydrogen-bond acceptors (Lipinski definition) is 6. The summed E-state index contributed by atoms with van der Waals surface area (Å²) in [6, 6.07) is 36.0. The van der Waals surface area contributed by atoms with E-state index in [1.807, 2.05) is 119 Å². The Morgan fingerprint density at radius 3 is 1.29 bits per heavy atom. The Hall–Kier alpha value is -4.72. The fraction of sp³-hybridized carbons (Fsp3) is 0.0769. The van der Waals surface area contributed by atoms with Crippen molar-refractivity contribution in [3.63, 3.8) is 0 Å². The smallest absolute Gasteiger partial charge is 0.164 e. The normalized spacial score (nSPS) is 13.1. The molecule has 0 aliphatic heterocycles. The van der Waals surface area contributed by atoms with Crippen molar-refractivity contribution in [3.05, 3.63) is 109 Å². The minimum Gasteiger partial charge on any atom is -0.360 e. The number of nitrogens with zero attached hydrogens (tertiary/aromatic N) is 6. The van der Waals surface area contributed by atoms with Crippen LogP contribution in [0.1, 0.15) is 12.3 Å². The lowest BCUT2D eigenvalue weighted by atomic mass is 10.2. The molecule has 8 nitrogen and oxygen atoms in total. The number of fused-ring (bicyclic) bond motifs is 2. The zero-order valence-corrected chi connectivity index (χ0v) is 18.2. The number of hydrogen-bond donors (Lipinski definition) is 2. The van der Waals surface area contributed by atoms with Crippen molar-refractivity contribution in [1.29, 1.82) is 0 Å². The van der Waals surface area contributed by atoms with E-state index >= 15 is 0 Å². The summed E-state index contributed by atoms with van der Waals surface area (Å²) in [6.07, 6.45) is -0.778. The maximum atomic E-state index is 4.55. The van der Waals surface area contributed by atoms with Crippen molar-refractivity contribution >= 4 is 33.4 Å². The lowest BCUT2D eigenvalue weighted by molar-refractivity contribution is 0.347. The Morgan fingerprint density at radius 2 is 0.853 bits per heavy atom. The van der Waals surface area contributed by atoms with Crippen LogP contribution < -0.4 is 10.6 Å². The summed E-state index contributed by atoms with van der Waals surface area (Å²) >= 11 is 0. The fourth-order valence-electron chi connectivity index (χ4n) is 4.14. The first-order valence-corrected chi connectivity index (χ1v) is 11.1. The number of aromatic nitrogens is 6. The number of nitrogens with one attached hydrogen (secondary N) is 2. The van der Waals surface area contributed by atoms with Gasteiger partial charge < -0.3 is 10.6 Å². The fourth-order valence-corrected chi connectivity index (χ4v) is 4.14. The van der Waals surface area contributed by atoms with Crippen LogP contribution in [0.4, 0.5) is 11.4 Å². The molecule has 0 bridgehead atoms. The van der Waals surface area contributed by atoms with Crippen LogP contribution in [-0.2, 0) is 0 Å². The van der Waals surface area contributed by atoms with Crippen LogP contribution in [0.25, 0.3) is 22.1 Å². The van der Waals surface area contributed by atoms with Crippen LogP contribution in [0.15, 0.2) is 109 Å². The Balaban J connectivity index is 1.54. The van der Waals surface area contributed by atoms with E-state index in [0.29, 0.717) is 0 Å². The molecule has 6 aromatic rings. The van der Waals surface area contributed by atoms with Crippen LogP contribution in [0.5, 0.6) is 0 Å². The molecular weight excluding hydrogens is 424 g/mol. The van der Waals surface area contributed by atoms with Gasteiger partial charge in [-0.05, 0) is 48.5 Å². The summed E-state index contributed by atoms with van der Waals surface area (Å²) in [6.45, 7) is 0. The van der Waals surface area contributed by atoms with Crippen LogP contribution >= 0.6 is 0 Å². The maximum absolute atomic E-state index is 4.55. The van der Waals surface area contributed by atoms with Gasteiger partial charge in [-0.15, -0.1) is 10.2 Å². The average molecular weight is 447 g/mol. The molecular formula is C26H22N8. The Labute approximate surface area is 195 Å². The van der Waals surface area contributed by atoms with Gasteiger partial charge in [0.1, 0.15) is 11.0 Å². The van der Waals surface area contributed by atoms with E-state index in [0.717, 1.165) is 33.4 Å². The lowest BCUT2D eigenvalue weighted by Crippen LogP contribution is -2.35. The first-order chi connectivity index (χ1) is 16.9. The maximum Gasteiger partial charge on any atom is 0.164 e. The summed E-state index contributed by atoms with van der Waals surface area (Å²) in [5.74, 6) is 0. The molecule has 0 spiro atoms. The van der Waals surface area contributed by atoms with E-state index in [9.17, 15) is 0 Å². The molecule has 0 radical (unpaired) electrons. The summed E-state index contributed by atoms with van der Waals surface area (Å²) in [5, 5.41) is 25.2. The molecule has 2 heterocycles. The number of benzene rings is 4. The van der Waals surface area contributed by atoms with Crippen molar-refractivity contribution in [2.24, 2.45) is 0 Å². The van der Waals surface area contributed by atoms with Gasteiger partial charge in [-0.3, -0.25) is 0 Å². The Morgan fingerprint density at radius 1 is 0.471 bits per heavy atom. The molecule has 166 valence electrons. The summed E-state index contributed by atoms with van der Waals surface area (Å²) in [7, 11) is 0. The molecule has 34 heavy (non-hydrogen) atoms. The van der Waals surface area contributed by atoms with Crippen LogP contribution in [-0.4, -0.2) is 30.0 Å². The third-order valence-electron chi connectivity index (χ3n) is 5.76. The van der Waals surface area contributed by atoms with Gasteiger partial charge >= 0.3 is 0 Å².